The first-order valence-electron chi connectivity index (χ1n) is 7.87. The second-order valence-electron chi connectivity index (χ2n) is 6.42. The van der Waals surface area contributed by atoms with Gasteiger partial charge >= 0.3 is 5.97 Å². The molecule has 1 N–H and O–H groups in total. The van der Waals surface area contributed by atoms with Crippen molar-refractivity contribution < 1.29 is 14.7 Å². The summed E-state index contributed by atoms with van der Waals surface area (Å²) in [6.07, 6.45) is 1.39. The Morgan fingerprint density at radius 2 is 2.17 bits per heavy atom. The van der Waals surface area contributed by atoms with Gasteiger partial charge < -0.3 is 10.0 Å². The highest BCUT2D eigenvalue weighted by Crippen LogP contribution is 2.32. The maximum absolute atomic E-state index is 12.7. The number of piperidine rings is 1. The fourth-order valence-electron chi connectivity index (χ4n) is 3.12. The van der Waals surface area contributed by atoms with Crippen LogP contribution in [0.15, 0.2) is 6.07 Å². The summed E-state index contributed by atoms with van der Waals surface area (Å²) >= 11 is 1.44. The third kappa shape index (κ3) is 2.85. The highest BCUT2D eigenvalue weighted by Gasteiger charge is 2.30. The van der Waals surface area contributed by atoms with Crippen molar-refractivity contribution in [3.05, 3.63) is 16.6 Å². The van der Waals surface area contributed by atoms with Gasteiger partial charge in [0, 0.05) is 25.5 Å². The minimum absolute atomic E-state index is 0.0631. The van der Waals surface area contributed by atoms with Crippen LogP contribution in [-0.2, 0) is 11.8 Å². The predicted octanol–water partition coefficient (Wildman–Crippen LogP) is 2.70. The van der Waals surface area contributed by atoms with Crippen LogP contribution >= 0.6 is 11.3 Å². The van der Waals surface area contributed by atoms with Crippen LogP contribution in [0.4, 0.5) is 0 Å². The lowest BCUT2D eigenvalue weighted by Crippen LogP contribution is -2.42. The van der Waals surface area contributed by atoms with Gasteiger partial charge in [0.05, 0.1) is 16.5 Å². The third-order valence-corrected chi connectivity index (χ3v) is 5.55. The lowest BCUT2D eigenvalue weighted by Gasteiger charge is -2.30. The largest absolute Gasteiger partial charge is 0.481 e. The molecular formula is C16H21N3O3S. The second-order valence-corrected chi connectivity index (χ2v) is 7.45. The Hall–Kier alpha value is -1.89. The SMILES string of the molecule is CC(C)c1nn(C)c2sc(C(=O)N3CCC[C@H](C(=O)O)C3)cc12. The van der Waals surface area contributed by atoms with Gasteiger partial charge in [0.1, 0.15) is 4.83 Å². The summed E-state index contributed by atoms with van der Waals surface area (Å²) in [5.74, 6) is -1.03. The molecule has 0 saturated carbocycles. The van der Waals surface area contributed by atoms with Crippen LogP contribution in [0.1, 0.15) is 48.0 Å². The lowest BCUT2D eigenvalue weighted by molar-refractivity contribution is -0.143. The van der Waals surface area contributed by atoms with Gasteiger partial charge in [-0.05, 0) is 24.8 Å². The zero-order chi connectivity index (χ0) is 16.7. The summed E-state index contributed by atoms with van der Waals surface area (Å²) in [6.45, 7) is 5.11. The number of likely N-dealkylation sites (tertiary alicyclic amines) is 1. The number of rotatable bonds is 3. The molecule has 0 radical (unpaired) electrons. The Balaban J connectivity index is 1.89. The van der Waals surface area contributed by atoms with Crippen molar-refractivity contribution in [1.29, 1.82) is 0 Å². The molecule has 0 aliphatic carbocycles. The molecule has 3 rings (SSSR count). The molecule has 2 aromatic heterocycles. The molecule has 1 saturated heterocycles. The number of nitrogens with zero attached hydrogens (tertiary/aromatic N) is 3. The van der Waals surface area contributed by atoms with E-state index in [9.17, 15) is 14.7 Å². The van der Waals surface area contributed by atoms with Crippen LogP contribution in [0.25, 0.3) is 10.2 Å². The highest BCUT2D eigenvalue weighted by molar-refractivity contribution is 7.20. The monoisotopic (exact) mass is 335 g/mol. The molecule has 0 spiro atoms. The van der Waals surface area contributed by atoms with E-state index in [4.69, 9.17) is 0 Å². The number of aromatic nitrogens is 2. The number of thiophene rings is 1. The van der Waals surface area contributed by atoms with Crippen LogP contribution in [-0.4, -0.2) is 44.8 Å². The maximum Gasteiger partial charge on any atom is 0.308 e. The molecular weight excluding hydrogens is 314 g/mol. The van der Waals surface area contributed by atoms with Crippen LogP contribution < -0.4 is 0 Å². The predicted molar refractivity (Wildman–Crippen MR) is 88.9 cm³/mol. The molecule has 7 heteroatoms. The number of carbonyl (C=O) groups excluding carboxylic acids is 1. The van der Waals surface area contributed by atoms with Gasteiger partial charge in [-0.15, -0.1) is 11.3 Å². The molecule has 2 aromatic rings. The first-order chi connectivity index (χ1) is 10.9. The third-order valence-electron chi connectivity index (χ3n) is 4.36. The molecule has 0 aromatic carbocycles. The molecule has 0 bridgehead atoms. The number of carbonyl (C=O) groups is 2. The van der Waals surface area contributed by atoms with Gasteiger partial charge in [0.15, 0.2) is 0 Å². The standard InChI is InChI=1S/C16H21N3O3S/c1-9(2)13-11-7-12(23-15(11)18(3)17-13)14(20)19-6-4-5-10(8-19)16(21)22/h7,9-10H,4-6,8H2,1-3H3,(H,21,22)/t10-/m0/s1. The van der Waals surface area contributed by atoms with Crippen molar-refractivity contribution in [3.63, 3.8) is 0 Å². The first-order valence-corrected chi connectivity index (χ1v) is 8.68. The van der Waals surface area contributed by atoms with E-state index < -0.39 is 11.9 Å². The minimum atomic E-state index is -0.815. The van der Waals surface area contributed by atoms with Gasteiger partial charge in [-0.25, -0.2) is 0 Å². The smallest absolute Gasteiger partial charge is 0.308 e. The Morgan fingerprint density at radius 3 is 2.83 bits per heavy atom. The Labute approximate surface area is 138 Å². The molecule has 124 valence electrons. The Bertz CT molecular complexity index is 762. The zero-order valence-electron chi connectivity index (χ0n) is 13.6. The number of carboxylic acids is 1. The number of aliphatic carboxylic acids is 1. The minimum Gasteiger partial charge on any atom is -0.481 e. The van der Waals surface area contributed by atoms with Gasteiger partial charge in [-0.2, -0.15) is 5.10 Å². The summed E-state index contributed by atoms with van der Waals surface area (Å²) in [5.41, 5.74) is 1.000. The van der Waals surface area contributed by atoms with E-state index in [1.807, 2.05) is 17.8 Å². The van der Waals surface area contributed by atoms with E-state index in [1.54, 1.807) is 4.90 Å². The quantitative estimate of drug-likeness (QED) is 0.936. The van der Waals surface area contributed by atoms with Crippen molar-refractivity contribution in [2.24, 2.45) is 13.0 Å². The lowest BCUT2D eigenvalue weighted by atomic mass is 9.98. The molecule has 1 aliphatic heterocycles. The molecule has 6 nitrogen and oxygen atoms in total. The number of fused-ring (bicyclic) bond motifs is 1. The van der Waals surface area contributed by atoms with E-state index in [0.717, 1.165) is 22.3 Å². The number of carboxylic acid groups (broad SMARTS) is 1. The molecule has 1 amide bonds. The summed E-state index contributed by atoms with van der Waals surface area (Å²) in [4.78, 5) is 27.3. The van der Waals surface area contributed by atoms with Gasteiger partial charge in [0.25, 0.3) is 5.91 Å². The summed E-state index contributed by atoms with van der Waals surface area (Å²) < 4.78 is 1.82. The van der Waals surface area contributed by atoms with E-state index in [-0.39, 0.29) is 5.91 Å². The highest BCUT2D eigenvalue weighted by atomic mass is 32.1. The fraction of sp³-hybridized carbons (Fsp3) is 0.562. The van der Waals surface area contributed by atoms with Gasteiger partial charge in [0.2, 0.25) is 0 Å². The van der Waals surface area contributed by atoms with E-state index in [2.05, 4.69) is 18.9 Å². The van der Waals surface area contributed by atoms with Crippen molar-refractivity contribution in [2.45, 2.75) is 32.6 Å². The molecule has 1 atom stereocenters. The molecule has 1 aliphatic rings. The van der Waals surface area contributed by atoms with Crippen molar-refractivity contribution in [1.82, 2.24) is 14.7 Å². The van der Waals surface area contributed by atoms with Crippen molar-refractivity contribution >= 4 is 33.4 Å². The molecule has 3 heterocycles. The summed E-state index contributed by atoms with van der Waals surface area (Å²) in [7, 11) is 1.89. The Kier molecular flexibility index (Phi) is 4.14. The maximum atomic E-state index is 12.7. The van der Waals surface area contributed by atoms with Gasteiger partial charge in [-0.1, -0.05) is 13.8 Å². The van der Waals surface area contributed by atoms with Crippen molar-refractivity contribution in [2.75, 3.05) is 13.1 Å². The molecule has 0 unspecified atom stereocenters. The van der Waals surface area contributed by atoms with Crippen LogP contribution in [0.3, 0.4) is 0 Å². The summed E-state index contributed by atoms with van der Waals surface area (Å²) in [6, 6.07) is 1.91. The van der Waals surface area contributed by atoms with Crippen LogP contribution in [0.5, 0.6) is 0 Å². The number of hydrogen-bond acceptors (Lipinski definition) is 4. The number of aryl methyl sites for hydroxylation is 1. The van der Waals surface area contributed by atoms with Gasteiger partial charge in [-0.3, -0.25) is 14.3 Å². The topological polar surface area (TPSA) is 75.4 Å². The summed E-state index contributed by atoms with van der Waals surface area (Å²) in [5, 5.41) is 14.7. The number of hydrogen-bond donors (Lipinski definition) is 1. The average Bonchev–Trinajstić information content (AvgIpc) is 3.07. The van der Waals surface area contributed by atoms with E-state index in [0.29, 0.717) is 30.3 Å². The zero-order valence-corrected chi connectivity index (χ0v) is 14.4. The fourth-order valence-corrected chi connectivity index (χ4v) is 4.16. The Morgan fingerprint density at radius 1 is 1.43 bits per heavy atom. The molecule has 1 fully saturated rings. The van der Waals surface area contributed by atoms with Crippen molar-refractivity contribution in [3.8, 4) is 0 Å². The normalized spacial score (nSPS) is 18.8. The van der Waals surface area contributed by atoms with E-state index >= 15 is 0 Å². The first kappa shape index (κ1) is 16.0. The second kappa shape index (κ2) is 5.96. The van der Waals surface area contributed by atoms with Crippen LogP contribution in [0, 0.1) is 5.92 Å². The number of amides is 1. The molecule has 23 heavy (non-hydrogen) atoms. The average molecular weight is 335 g/mol. The van der Waals surface area contributed by atoms with Crippen LogP contribution in [0.2, 0.25) is 0 Å². The van der Waals surface area contributed by atoms with E-state index in [1.165, 1.54) is 11.3 Å².